The van der Waals surface area contributed by atoms with E-state index in [1.165, 1.54) is 0 Å². The van der Waals surface area contributed by atoms with Gasteiger partial charge in [-0.15, -0.1) is 0 Å². The topological polar surface area (TPSA) is 59.8 Å². The third-order valence-corrected chi connectivity index (χ3v) is 3.75. The minimum Gasteiger partial charge on any atom is -0.305 e. The van der Waals surface area contributed by atoms with Crippen LogP contribution in [0.4, 0.5) is 5.82 Å². The van der Waals surface area contributed by atoms with Crippen LogP contribution < -0.4 is 5.32 Å². The molecule has 1 aromatic carbocycles. The summed E-state index contributed by atoms with van der Waals surface area (Å²) in [6, 6.07) is 13.4. The molecule has 0 fully saturated rings. The number of hydrogen-bond acceptors (Lipinski definition) is 3. The molecule has 0 bridgehead atoms. The van der Waals surface area contributed by atoms with Crippen molar-refractivity contribution >= 4 is 22.6 Å². The average Bonchev–Trinajstić information content (AvgIpc) is 3.01. The highest BCUT2D eigenvalue weighted by atomic mass is 16.2. The first kappa shape index (κ1) is 14.3. The van der Waals surface area contributed by atoms with Crippen molar-refractivity contribution in [2.24, 2.45) is 0 Å². The van der Waals surface area contributed by atoms with Crippen LogP contribution in [0.3, 0.4) is 0 Å². The van der Waals surface area contributed by atoms with Crippen LogP contribution >= 0.6 is 0 Å². The number of nitrogens with zero attached hydrogens (tertiary/aromatic N) is 3. The first-order valence-corrected chi connectivity index (χ1v) is 7.39. The average molecular weight is 294 g/mol. The number of fused-ring (bicyclic) bond motifs is 1. The van der Waals surface area contributed by atoms with Gasteiger partial charge in [0.1, 0.15) is 11.5 Å². The Labute approximate surface area is 129 Å². The van der Waals surface area contributed by atoms with Gasteiger partial charge in [0.15, 0.2) is 0 Å². The van der Waals surface area contributed by atoms with Crippen LogP contribution in [0.15, 0.2) is 48.7 Å². The summed E-state index contributed by atoms with van der Waals surface area (Å²) in [6.45, 7) is 4.15. The smallest absolute Gasteiger partial charge is 0.275 e. The van der Waals surface area contributed by atoms with Crippen LogP contribution in [0.2, 0.25) is 0 Å². The Kier molecular flexibility index (Phi) is 3.87. The number of amides is 1. The Morgan fingerprint density at radius 1 is 1.23 bits per heavy atom. The molecule has 0 saturated carbocycles. The molecule has 0 spiro atoms. The molecular weight excluding hydrogens is 276 g/mol. The van der Waals surface area contributed by atoms with E-state index in [0.717, 1.165) is 17.3 Å². The van der Waals surface area contributed by atoms with Crippen molar-refractivity contribution in [3.8, 4) is 0 Å². The van der Waals surface area contributed by atoms with Crippen molar-refractivity contribution < 1.29 is 4.79 Å². The molecule has 1 unspecified atom stereocenters. The summed E-state index contributed by atoms with van der Waals surface area (Å²) < 4.78 is 1.82. The number of rotatable bonds is 4. The third-order valence-electron chi connectivity index (χ3n) is 3.75. The number of benzene rings is 1. The van der Waals surface area contributed by atoms with E-state index in [1.54, 1.807) is 18.3 Å². The number of hydrogen-bond donors (Lipinski definition) is 1. The summed E-state index contributed by atoms with van der Waals surface area (Å²) in [5, 5.41) is 8.17. The molecule has 2 heterocycles. The Bertz CT molecular complexity index is 809. The van der Waals surface area contributed by atoms with Gasteiger partial charge >= 0.3 is 0 Å². The summed E-state index contributed by atoms with van der Waals surface area (Å²) in [5.74, 6) is 0.463. The van der Waals surface area contributed by atoms with Crippen LogP contribution in [-0.4, -0.2) is 20.7 Å². The largest absolute Gasteiger partial charge is 0.305 e. The predicted molar refractivity (Wildman–Crippen MR) is 86.9 cm³/mol. The molecule has 112 valence electrons. The van der Waals surface area contributed by atoms with Gasteiger partial charge in [0.05, 0.1) is 17.8 Å². The zero-order valence-corrected chi connectivity index (χ0v) is 12.7. The van der Waals surface area contributed by atoms with E-state index in [2.05, 4.69) is 29.2 Å². The van der Waals surface area contributed by atoms with Gasteiger partial charge in [-0.2, -0.15) is 5.10 Å². The minimum atomic E-state index is -0.226. The van der Waals surface area contributed by atoms with Gasteiger partial charge in [0.2, 0.25) is 0 Å². The standard InChI is InChI=1S/C17H18N4O/c1-3-12(2)21-16(10-11-18-21)20-17(22)15-9-8-13-6-4-5-7-14(13)19-15/h4-12H,3H2,1-2H3,(H,20,22). The lowest BCUT2D eigenvalue weighted by atomic mass is 10.2. The molecule has 0 aliphatic heterocycles. The highest BCUT2D eigenvalue weighted by molar-refractivity contribution is 6.03. The van der Waals surface area contributed by atoms with Crippen LogP contribution in [0, 0.1) is 0 Å². The van der Waals surface area contributed by atoms with Crippen molar-refractivity contribution in [1.29, 1.82) is 0 Å². The summed E-state index contributed by atoms with van der Waals surface area (Å²) in [5.41, 5.74) is 1.21. The SMILES string of the molecule is CCC(C)n1nccc1NC(=O)c1ccc2ccccc2n1. The fourth-order valence-electron chi connectivity index (χ4n) is 2.31. The summed E-state index contributed by atoms with van der Waals surface area (Å²) in [7, 11) is 0. The van der Waals surface area contributed by atoms with Crippen molar-refractivity contribution in [3.63, 3.8) is 0 Å². The Morgan fingerprint density at radius 3 is 2.86 bits per heavy atom. The van der Waals surface area contributed by atoms with Gasteiger partial charge in [-0.1, -0.05) is 31.2 Å². The maximum absolute atomic E-state index is 12.4. The molecule has 5 heteroatoms. The molecule has 0 aliphatic carbocycles. The number of pyridine rings is 1. The highest BCUT2D eigenvalue weighted by Crippen LogP contribution is 2.18. The lowest BCUT2D eigenvalue weighted by Gasteiger charge is -2.14. The number of para-hydroxylation sites is 1. The lowest BCUT2D eigenvalue weighted by molar-refractivity contribution is 0.102. The molecule has 1 N–H and O–H groups in total. The molecule has 0 aliphatic rings. The van der Waals surface area contributed by atoms with Crippen molar-refractivity contribution in [1.82, 2.24) is 14.8 Å². The van der Waals surface area contributed by atoms with Crippen LogP contribution in [-0.2, 0) is 0 Å². The van der Waals surface area contributed by atoms with E-state index >= 15 is 0 Å². The second-order valence-electron chi connectivity index (χ2n) is 5.26. The predicted octanol–water partition coefficient (Wildman–Crippen LogP) is 3.65. The van der Waals surface area contributed by atoms with Gasteiger partial charge in [-0.25, -0.2) is 9.67 Å². The molecule has 3 rings (SSSR count). The van der Waals surface area contributed by atoms with E-state index < -0.39 is 0 Å². The van der Waals surface area contributed by atoms with E-state index in [4.69, 9.17) is 0 Å². The second-order valence-corrected chi connectivity index (χ2v) is 5.26. The zero-order chi connectivity index (χ0) is 15.5. The molecule has 2 aromatic heterocycles. The first-order chi connectivity index (χ1) is 10.7. The summed E-state index contributed by atoms with van der Waals surface area (Å²) >= 11 is 0. The zero-order valence-electron chi connectivity index (χ0n) is 12.7. The van der Waals surface area contributed by atoms with Gasteiger partial charge in [-0.3, -0.25) is 4.79 Å². The maximum atomic E-state index is 12.4. The fourth-order valence-corrected chi connectivity index (χ4v) is 2.31. The molecule has 3 aromatic rings. The summed E-state index contributed by atoms with van der Waals surface area (Å²) in [6.07, 6.45) is 2.63. The van der Waals surface area contributed by atoms with E-state index in [1.807, 2.05) is 35.0 Å². The van der Waals surface area contributed by atoms with Crippen LogP contribution in [0.5, 0.6) is 0 Å². The minimum absolute atomic E-state index is 0.226. The fraction of sp³-hybridized carbons (Fsp3) is 0.235. The number of anilines is 1. The molecule has 22 heavy (non-hydrogen) atoms. The molecule has 0 radical (unpaired) electrons. The molecule has 0 saturated heterocycles. The van der Waals surface area contributed by atoms with Gasteiger partial charge < -0.3 is 5.32 Å². The number of nitrogens with one attached hydrogen (secondary N) is 1. The molecule has 1 atom stereocenters. The van der Waals surface area contributed by atoms with E-state index in [-0.39, 0.29) is 11.9 Å². The monoisotopic (exact) mass is 294 g/mol. The van der Waals surface area contributed by atoms with E-state index in [9.17, 15) is 4.79 Å². The normalized spacial score (nSPS) is 12.3. The lowest BCUT2D eigenvalue weighted by Crippen LogP contribution is -2.18. The maximum Gasteiger partial charge on any atom is 0.275 e. The van der Waals surface area contributed by atoms with Gasteiger partial charge in [0, 0.05) is 11.5 Å². The number of carbonyl (C=O) groups excluding carboxylic acids is 1. The van der Waals surface area contributed by atoms with Crippen LogP contribution in [0.1, 0.15) is 36.8 Å². The van der Waals surface area contributed by atoms with Crippen LogP contribution in [0.25, 0.3) is 10.9 Å². The molecule has 5 nitrogen and oxygen atoms in total. The van der Waals surface area contributed by atoms with Crippen molar-refractivity contribution in [2.75, 3.05) is 5.32 Å². The third kappa shape index (κ3) is 2.70. The van der Waals surface area contributed by atoms with Gasteiger partial charge in [0.25, 0.3) is 5.91 Å². The number of carbonyl (C=O) groups is 1. The number of aromatic nitrogens is 3. The molecule has 1 amide bonds. The highest BCUT2D eigenvalue weighted by Gasteiger charge is 2.13. The second kappa shape index (κ2) is 5.97. The molecular formula is C17H18N4O. The summed E-state index contributed by atoms with van der Waals surface area (Å²) in [4.78, 5) is 16.8. The van der Waals surface area contributed by atoms with Gasteiger partial charge in [-0.05, 0) is 25.5 Å². The van der Waals surface area contributed by atoms with E-state index in [0.29, 0.717) is 11.5 Å². The Balaban J connectivity index is 1.86. The quantitative estimate of drug-likeness (QED) is 0.799. The van der Waals surface area contributed by atoms with Crippen molar-refractivity contribution in [3.05, 3.63) is 54.4 Å². The Morgan fingerprint density at radius 2 is 2.05 bits per heavy atom. The van der Waals surface area contributed by atoms with Crippen molar-refractivity contribution in [2.45, 2.75) is 26.3 Å². The Hall–Kier alpha value is -2.69. The first-order valence-electron chi connectivity index (χ1n) is 7.39.